The van der Waals surface area contributed by atoms with Crippen LogP contribution in [-0.2, 0) is 14.8 Å². The van der Waals surface area contributed by atoms with Gasteiger partial charge in [0.1, 0.15) is 5.52 Å². The lowest BCUT2D eigenvalue weighted by Gasteiger charge is -2.09. The van der Waals surface area contributed by atoms with Crippen LogP contribution in [0.3, 0.4) is 0 Å². The van der Waals surface area contributed by atoms with Gasteiger partial charge in [0.25, 0.3) is 15.9 Å². The molecule has 0 spiro atoms. The highest BCUT2D eigenvalue weighted by atomic mass is 32.2. The quantitative estimate of drug-likeness (QED) is 0.445. The van der Waals surface area contributed by atoms with Crippen LogP contribution in [0.5, 0.6) is 5.88 Å². The number of fused-ring (bicyclic) bond motifs is 1. The van der Waals surface area contributed by atoms with Gasteiger partial charge in [0.15, 0.2) is 11.7 Å². The maximum atomic E-state index is 12.3. The van der Waals surface area contributed by atoms with Gasteiger partial charge in [-0.25, -0.2) is 13.4 Å². The normalized spacial score (nSPS) is 11.2. The zero-order chi connectivity index (χ0) is 21.0. The lowest BCUT2D eigenvalue weighted by molar-refractivity contribution is -0.118. The first-order valence-electron chi connectivity index (χ1n) is 8.54. The third-order valence-electron chi connectivity index (χ3n) is 3.86. The molecule has 2 heterocycles. The van der Waals surface area contributed by atoms with Crippen LogP contribution in [0.1, 0.15) is 0 Å². The average Bonchev–Trinajstić information content (AvgIpc) is 3.25. The van der Waals surface area contributed by atoms with Gasteiger partial charge in [-0.05, 0) is 41.6 Å². The van der Waals surface area contributed by atoms with Crippen molar-refractivity contribution in [3.05, 3.63) is 60.1 Å². The van der Waals surface area contributed by atoms with E-state index in [0.717, 1.165) is 0 Å². The summed E-state index contributed by atoms with van der Waals surface area (Å²) in [6.45, 7) is -0.297. The third kappa shape index (κ3) is 4.50. The lowest BCUT2D eigenvalue weighted by atomic mass is 10.2. The van der Waals surface area contributed by atoms with Crippen LogP contribution in [0, 0.1) is 0 Å². The Labute approximate surface area is 175 Å². The molecule has 1 amide bonds. The number of thiazole rings is 1. The highest BCUT2D eigenvalue weighted by molar-refractivity contribution is 7.93. The number of hydrogen-bond acceptors (Lipinski definition) is 9. The summed E-state index contributed by atoms with van der Waals surface area (Å²) in [6.07, 6.45) is 1.50. The number of nitrogens with zero attached hydrogens (tertiary/aromatic N) is 4. The van der Waals surface area contributed by atoms with Gasteiger partial charge in [0.2, 0.25) is 5.88 Å². The number of anilines is 2. The number of nitrogens with one attached hydrogen (secondary N) is 2. The van der Waals surface area contributed by atoms with Gasteiger partial charge in [0.05, 0.1) is 10.3 Å². The van der Waals surface area contributed by atoms with Crippen molar-refractivity contribution in [2.24, 2.45) is 0 Å². The molecule has 2 aromatic carbocycles. The van der Waals surface area contributed by atoms with Gasteiger partial charge >= 0.3 is 0 Å². The van der Waals surface area contributed by atoms with Crippen LogP contribution in [0.2, 0.25) is 0 Å². The van der Waals surface area contributed by atoms with E-state index in [9.17, 15) is 13.2 Å². The van der Waals surface area contributed by atoms with E-state index in [1.807, 2.05) is 6.07 Å². The molecule has 2 aromatic heterocycles. The Morgan fingerprint density at radius 1 is 1.07 bits per heavy atom. The van der Waals surface area contributed by atoms with Gasteiger partial charge < -0.3 is 10.1 Å². The Morgan fingerprint density at radius 2 is 1.87 bits per heavy atom. The standard InChI is InChI=1S/C18H14N6O4S2/c25-16(11-28-17-14-3-1-2-4-15(14)21-24-22-17)20-12-5-7-13(8-6-12)30(26,27)23-18-19-9-10-29-18/h1-10H,11H2,(H,19,23)(H,20,25). The predicted molar refractivity (Wildman–Crippen MR) is 111 cm³/mol. The molecule has 12 heteroatoms. The van der Waals surface area contributed by atoms with E-state index in [1.54, 1.807) is 23.6 Å². The second kappa shape index (κ2) is 8.39. The number of amides is 1. The molecular formula is C18H14N6O4S2. The maximum absolute atomic E-state index is 12.3. The molecule has 0 bridgehead atoms. The minimum Gasteiger partial charge on any atom is -0.466 e. The first kappa shape index (κ1) is 19.7. The van der Waals surface area contributed by atoms with Crippen LogP contribution in [-0.4, -0.2) is 41.3 Å². The Bertz CT molecular complexity index is 1270. The molecule has 152 valence electrons. The number of carbonyl (C=O) groups is 1. The summed E-state index contributed by atoms with van der Waals surface area (Å²) in [6, 6.07) is 12.9. The van der Waals surface area contributed by atoms with E-state index in [-0.39, 0.29) is 22.5 Å². The SMILES string of the molecule is O=C(COc1nnnc2ccccc12)Nc1ccc(S(=O)(=O)Nc2nccs2)cc1. The molecule has 0 unspecified atom stereocenters. The largest absolute Gasteiger partial charge is 0.466 e. The fraction of sp³-hybridized carbons (Fsp3) is 0.0556. The summed E-state index contributed by atoms with van der Waals surface area (Å²) in [5.41, 5.74) is 1.02. The minimum absolute atomic E-state index is 0.0467. The third-order valence-corrected chi connectivity index (χ3v) is 6.04. The Hall–Kier alpha value is -3.64. The summed E-state index contributed by atoms with van der Waals surface area (Å²) < 4.78 is 32.5. The summed E-state index contributed by atoms with van der Waals surface area (Å²) >= 11 is 1.17. The second-order valence-corrected chi connectivity index (χ2v) is 8.49. The van der Waals surface area contributed by atoms with Crippen molar-refractivity contribution in [1.29, 1.82) is 0 Å². The average molecular weight is 442 g/mol. The van der Waals surface area contributed by atoms with Crippen LogP contribution in [0.15, 0.2) is 65.0 Å². The monoisotopic (exact) mass is 442 g/mol. The van der Waals surface area contributed by atoms with Crippen LogP contribution >= 0.6 is 11.3 Å². The van der Waals surface area contributed by atoms with Crippen LogP contribution in [0.4, 0.5) is 10.8 Å². The summed E-state index contributed by atoms with van der Waals surface area (Å²) in [5.74, 6) is -0.236. The molecule has 30 heavy (non-hydrogen) atoms. The Morgan fingerprint density at radius 3 is 2.63 bits per heavy atom. The number of ether oxygens (including phenoxy) is 1. The second-order valence-electron chi connectivity index (χ2n) is 5.92. The maximum Gasteiger partial charge on any atom is 0.263 e. The summed E-state index contributed by atoms with van der Waals surface area (Å²) in [7, 11) is -3.76. The Kier molecular flexibility index (Phi) is 5.50. The number of benzene rings is 2. The number of hydrogen-bond donors (Lipinski definition) is 2. The van der Waals surface area contributed by atoms with Gasteiger partial charge in [-0.3, -0.25) is 9.52 Å². The molecule has 0 saturated heterocycles. The zero-order valence-electron chi connectivity index (χ0n) is 15.2. The van der Waals surface area contributed by atoms with Crippen molar-refractivity contribution in [2.45, 2.75) is 4.90 Å². The minimum atomic E-state index is -3.76. The van der Waals surface area contributed by atoms with E-state index in [1.165, 1.54) is 41.8 Å². The number of sulfonamides is 1. The van der Waals surface area contributed by atoms with Gasteiger partial charge in [0, 0.05) is 17.3 Å². The lowest BCUT2D eigenvalue weighted by Crippen LogP contribution is -2.21. The molecule has 0 atom stereocenters. The zero-order valence-corrected chi connectivity index (χ0v) is 16.9. The van der Waals surface area contributed by atoms with E-state index in [2.05, 4.69) is 30.4 Å². The molecule has 2 N–H and O–H groups in total. The van der Waals surface area contributed by atoms with Crippen molar-refractivity contribution in [2.75, 3.05) is 16.6 Å². The molecule has 10 nitrogen and oxygen atoms in total. The topological polar surface area (TPSA) is 136 Å². The van der Waals surface area contributed by atoms with Gasteiger partial charge in [-0.2, -0.15) is 0 Å². The van der Waals surface area contributed by atoms with E-state index < -0.39 is 15.9 Å². The van der Waals surface area contributed by atoms with E-state index >= 15 is 0 Å². The van der Waals surface area contributed by atoms with Gasteiger partial charge in [-0.15, -0.1) is 16.4 Å². The van der Waals surface area contributed by atoms with Gasteiger partial charge in [-0.1, -0.05) is 17.2 Å². The van der Waals surface area contributed by atoms with Crippen molar-refractivity contribution < 1.29 is 17.9 Å². The van der Waals surface area contributed by atoms with Crippen molar-refractivity contribution in [3.63, 3.8) is 0 Å². The molecular weight excluding hydrogens is 428 g/mol. The molecule has 4 rings (SSSR count). The number of aromatic nitrogens is 4. The molecule has 0 fully saturated rings. The summed E-state index contributed by atoms with van der Waals surface area (Å²) in [5, 5.41) is 16.5. The van der Waals surface area contributed by atoms with E-state index in [4.69, 9.17) is 4.74 Å². The first-order valence-corrected chi connectivity index (χ1v) is 10.9. The fourth-order valence-corrected chi connectivity index (χ4v) is 4.30. The van der Waals surface area contributed by atoms with Crippen LogP contribution < -0.4 is 14.8 Å². The first-order chi connectivity index (χ1) is 14.5. The Balaban J connectivity index is 1.38. The summed E-state index contributed by atoms with van der Waals surface area (Å²) in [4.78, 5) is 16.1. The highest BCUT2D eigenvalue weighted by Crippen LogP contribution is 2.21. The number of carbonyl (C=O) groups excluding carboxylic acids is 1. The van der Waals surface area contributed by atoms with Crippen LogP contribution in [0.25, 0.3) is 10.9 Å². The van der Waals surface area contributed by atoms with Crippen molar-refractivity contribution in [1.82, 2.24) is 20.4 Å². The molecule has 0 aliphatic heterocycles. The van der Waals surface area contributed by atoms with Crippen molar-refractivity contribution >= 4 is 49.0 Å². The molecule has 0 aliphatic carbocycles. The van der Waals surface area contributed by atoms with Crippen molar-refractivity contribution in [3.8, 4) is 5.88 Å². The molecule has 4 aromatic rings. The number of rotatable bonds is 7. The van der Waals surface area contributed by atoms with E-state index in [0.29, 0.717) is 16.6 Å². The highest BCUT2D eigenvalue weighted by Gasteiger charge is 2.16. The fourth-order valence-electron chi connectivity index (χ4n) is 2.51. The molecule has 0 aliphatic rings. The molecule has 0 saturated carbocycles. The predicted octanol–water partition coefficient (Wildman–Crippen LogP) is 2.30. The molecule has 0 radical (unpaired) electrons. The smallest absolute Gasteiger partial charge is 0.263 e.